The predicted molar refractivity (Wildman–Crippen MR) is 134 cm³/mol. The molecule has 1 aliphatic rings. The van der Waals surface area contributed by atoms with Gasteiger partial charge >= 0.3 is 12.1 Å². The maximum Gasteiger partial charge on any atom is 0.410 e. The summed E-state index contributed by atoms with van der Waals surface area (Å²) in [5.74, 6) is -1.31. The molecule has 0 aromatic heterocycles. The fourth-order valence-corrected chi connectivity index (χ4v) is 4.14. The van der Waals surface area contributed by atoms with Crippen LogP contribution >= 0.6 is 0 Å². The van der Waals surface area contributed by atoms with E-state index in [1.165, 1.54) is 5.56 Å². The topological polar surface area (TPSA) is 90.4 Å². The molecule has 2 amide bonds. The summed E-state index contributed by atoms with van der Waals surface area (Å²) < 4.78 is 5.67. The molecule has 8 nitrogen and oxygen atoms in total. The Morgan fingerprint density at radius 1 is 0.971 bits per heavy atom. The molecular formula is C27H35N3O5. The number of para-hydroxylation sites is 1. The second kappa shape index (κ2) is 11.8. The lowest BCUT2D eigenvalue weighted by molar-refractivity contribution is -0.138. The Balaban J connectivity index is 1.84. The summed E-state index contributed by atoms with van der Waals surface area (Å²) in [5, 5.41) is 9.09. The van der Waals surface area contributed by atoms with Crippen LogP contribution in [-0.2, 0) is 20.9 Å². The minimum atomic E-state index is -1.02. The zero-order chi connectivity index (χ0) is 25.4. The number of carboxylic acids is 1. The Morgan fingerprint density at radius 3 is 2.20 bits per heavy atom. The molecule has 1 aliphatic heterocycles. The van der Waals surface area contributed by atoms with Crippen molar-refractivity contribution in [1.29, 1.82) is 0 Å². The number of hydrogen-bond acceptors (Lipinski definition) is 5. The van der Waals surface area contributed by atoms with E-state index in [0.29, 0.717) is 25.3 Å². The zero-order valence-corrected chi connectivity index (χ0v) is 20.7. The molecule has 0 saturated carbocycles. The summed E-state index contributed by atoms with van der Waals surface area (Å²) in [6.07, 6.45) is -0.771. The van der Waals surface area contributed by atoms with E-state index in [1.807, 2.05) is 69.3 Å². The van der Waals surface area contributed by atoms with Crippen molar-refractivity contribution in [3.05, 3.63) is 66.2 Å². The van der Waals surface area contributed by atoms with E-state index in [2.05, 4.69) is 17.0 Å². The van der Waals surface area contributed by atoms with E-state index >= 15 is 0 Å². The van der Waals surface area contributed by atoms with Gasteiger partial charge in [-0.2, -0.15) is 0 Å². The normalized spacial score (nSPS) is 16.5. The van der Waals surface area contributed by atoms with Gasteiger partial charge in [-0.05, 0) is 38.5 Å². The van der Waals surface area contributed by atoms with Gasteiger partial charge in [-0.15, -0.1) is 0 Å². The molecule has 1 atom stereocenters. The van der Waals surface area contributed by atoms with Crippen LogP contribution in [0, 0.1) is 0 Å². The van der Waals surface area contributed by atoms with E-state index in [1.54, 1.807) is 9.80 Å². The van der Waals surface area contributed by atoms with Crippen molar-refractivity contribution in [1.82, 2.24) is 9.80 Å². The SMILES string of the molecule is CC(C)(C)OC(=O)N1CCN(Cc2ccccc2)C[C@H]1CN(C(=O)CCC(=O)O)c1ccccc1. The van der Waals surface area contributed by atoms with E-state index < -0.39 is 17.7 Å². The molecule has 35 heavy (non-hydrogen) atoms. The first-order valence-corrected chi connectivity index (χ1v) is 12.0. The number of benzene rings is 2. The molecule has 0 spiro atoms. The van der Waals surface area contributed by atoms with Crippen LogP contribution in [0.15, 0.2) is 60.7 Å². The zero-order valence-electron chi connectivity index (χ0n) is 20.7. The molecule has 0 unspecified atom stereocenters. The summed E-state index contributed by atoms with van der Waals surface area (Å²) in [6.45, 7) is 8.18. The van der Waals surface area contributed by atoms with Gasteiger partial charge in [0.05, 0.1) is 12.5 Å². The molecule has 0 bridgehead atoms. The van der Waals surface area contributed by atoms with E-state index in [0.717, 1.165) is 6.54 Å². The lowest BCUT2D eigenvalue weighted by Gasteiger charge is -2.43. The first-order valence-electron chi connectivity index (χ1n) is 12.0. The van der Waals surface area contributed by atoms with Gasteiger partial charge in [-0.3, -0.25) is 14.5 Å². The highest BCUT2D eigenvalue weighted by atomic mass is 16.6. The number of aliphatic carboxylic acids is 1. The smallest absolute Gasteiger partial charge is 0.410 e. The third-order valence-electron chi connectivity index (χ3n) is 5.76. The van der Waals surface area contributed by atoms with Crippen LogP contribution in [0.4, 0.5) is 10.5 Å². The van der Waals surface area contributed by atoms with Crippen molar-refractivity contribution in [3.8, 4) is 0 Å². The molecule has 8 heteroatoms. The molecule has 2 aromatic carbocycles. The van der Waals surface area contributed by atoms with Crippen LogP contribution < -0.4 is 4.90 Å². The maximum absolute atomic E-state index is 13.1. The van der Waals surface area contributed by atoms with E-state index in [9.17, 15) is 14.4 Å². The number of rotatable bonds is 8. The van der Waals surface area contributed by atoms with Crippen LogP contribution in [-0.4, -0.2) is 70.7 Å². The fraction of sp³-hybridized carbons (Fsp3) is 0.444. The van der Waals surface area contributed by atoms with Gasteiger partial charge in [-0.1, -0.05) is 48.5 Å². The molecular weight excluding hydrogens is 446 g/mol. The number of carbonyl (C=O) groups is 3. The minimum Gasteiger partial charge on any atom is -0.481 e. The number of amides is 2. The van der Waals surface area contributed by atoms with Crippen LogP contribution in [0.1, 0.15) is 39.2 Å². The van der Waals surface area contributed by atoms with Gasteiger partial charge in [0.2, 0.25) is 5.91 Å². The van der Waals surface area contributed by atoms with Crippen LogP contribution in [0.2, 0.25) is 0 Å². The summed E-state index contributed by atoms with van der Waals surface area (Å²) in [5.41, 5.74) is 1.21. The highest BCUT2D eigenvalue weighted by molar-refractivity contribution is 5.95. The Bertz CT molecular complexity index is 991. The molecule has 0 radical (unpaired) electrons. The van der Waals surface area contributed by atoms with Crippen molar-refractivity contribution < 1.29 is 24.2 Å². The van der Waals surface area contributed by atoms with Gasteiger partial charge in [0.1, 0.15) is 5.60 Å². The molecule has 1 heterocycles. The predicted octanol–water partition coefficient (Wildman–Crippen LogP) is 4.01. The Kier molecular flexibility index (Phi) is 8.87. The van der Waals surface area contributed by atoms with Crippen LogP contribution in [0.5, 0.6) is 0 Å². The number of carboxylic acid groups (broad SMARTS) is 1. The molecule has 188 valence electrons. The monoisotopic (exact) mass is 481 g/mol. The van der Waals surface area contributed by atoms with Crippen molar-refractivity contribution in [2.75, 3.05) is 31.1 Å². The highest BCUT2D eigenvalue weighted by Crippen LogP contribution is 2.22. The van der Waals surface area contributed by atoms with Gasteiger partial charge in [0, 0.05) is 44.8 Å². The molecule has 1 N–H and O–H groups in total. The second-order valence-electron chi connectivity index (χ2n) is 9.78. The quantitative estimate of drug-likeness (QED) is 0.613. The summed E-state index contributed by atoms with van der Waals surface area (Å²) >= 11 is 0. The number of ether oxygens (including phenoxy) is 1. The van der Waals surface area contributed by atoms with Gasteiger partial charge in [-0.25, -0.2) is 4.79 Å². The number of anilines is 1. The summed E-state index contributed by atoms with van der Waals surface area (Å²) in [4.78, 5) is 42.9. The van der Waals surface area contributed by atoms with E-state index in [4.69, 9.17) is 9.84 Å². The van der Waals surface area contributed by atoms with Gasteiger partial charge in [0.25, 0.3) is 0 Å². The van der Waals surface area contributed by atoms with Crippen molar-refractivity contribution in [2.45, 2.75) is 51.8 Å². The largest absolute Gasteiger partial charge is 0.481 e. The second-order valence-corrected chi connectivity index (χ2v) is 9.78. The standard InChI is InChI=1S/C27H35N3O5/c1-27(2,3)35-26(34)29-17-16-28(18-21-10-6-4-7-11-21)19-23(29)20-30(22-12-8-5-9-13-22)24(31)14-15-25(32)33/h4-13,23H,14-20H2,1-3H3,(H,32,33)/t23-/m0/s1. The fourth-order valence-electron chi connectivity index (χ4n) is 4.14. The first-order chi connectivity index (χ1) is 16.6. The molecule has 3 rings (SSSR count). The number of nitrogens with zero attached hydrogens (tertiary/aromatic N) is 3. The minimum absolute atomic E-state index is 0.114. The lowest BCUT2D eigenvalue weighted by atomic mass is 10.1. The van der Waals surface area contributed by atoms with Crippen LogP contribution in [0.3, 0.4) is 0 Å². The van der Waals surface area contributed by atoms with Gasteiger partial charge in [0.15, 0.2) is 0 Å². The average molecular weight is 482 g/mol. The summed E-state index contributed by atoms with van der Waals surface area (Å²) in [7, 11) is 0. The molecule has 0 aliphatic carbocycles. The lowest BCUT2D eigenvalue weighted by Crippen LogP contribution is -2.59. The van der Waals surface area contributed by atoms with Crippen LogP contribution in [0.25, 0.3) is 0 Å². The first kappa shape index (κ1) is 26.2. The Labute approximate surface area is 207 Å². The maximum atomic E-state index is 13.1. The van der Waals surface area contributed by atoms with Crippen molar-refractivity contribution >= 4 is 23.7 Å². The molecule has 2 aromatic rings. The number of piperazine rings is 1. The Hall–Kier alpha value is -3.39. The summed E-state index contributed by atoms with van der Waals surface area (Å²) in [6, 6.07) is 19.0. The number of hydrogen-bond donors (Lipinski definition) is 1. The third kappa shape index (κ3) is 8.10. The Morgan fingerprint density at radius 2 is 1.60 bits per heavy atom. The molecule has 1 fully saturated rings. The van der Waals surface area contributed by atoms with Gasteiger partial charge < -0.3 is 19.6 Å². The molecule has 1 saturated heterocycles. The average Bonchev–Trinajstić information content (AvgIpc) is 2.81. The van der Waals surface area contributed by atoms with E-state index in [-0.39, 0.29) is 31.3 Å². The third-order valence-corrected chi connectivity index (χ3v) is 5.76. The van der Waals surface area contributed by atoms with Crippen molar-refractivity contribution in [3.63, 3.8) is 0 Å². The number of carbonyl (C=O) groups excluding carboxylic acids is 2. The van der Waals surface area contributed by atoms with Crippen molar-refractivity contribution in [2.24, 2.45) is 0 Å². The highest BCUT2D eigenvalue weighted by Gasteiger charge is 2.35.